The van der Waals surface area contributed by atoms with Crippen molar-refractivity contribution in [3.8, 4) is 11.8 Å². The Morgan fingerprint density at radius 3 is 2.59 bits per heavy atom. The van der Waals surface area contributed by atoms with Gasteiger partial charge in [-0.05, 0) is 25.8 Å². The number of fused-ring (bicyclic) bond motifs is 2. The molecule has 1 fully saturated rings. The first kappa shape index (κ1) is 24.8. The lowest BCUT2D eigenvalue weighted by atomic mass is 10.0. The number of benzene rings is 2. The van der Waals surface area contributed by atoms with E-state index in [1.54, 1.807) is 17.0 Å². The molecule has 2 aliphatic heterocycles. The number of piperazine rings is 1. The highest BCUT2D eigenvalue weighted by molar-refractivity contribution is 5.96. The minimum atomic E-state index is -0.611. The highest BCUT2D eigenvalue weighted by atomic mass is 19.1. The van der Waals surface area contributed by atoms with Gasteiger partial charge in [0.25, 0.3) is 0 Å². The van der Waals surface area contributed by atoms with Crippen LogP contribution < -0.4 is 14.5 Å². The van der Waals surface area contributed by atoms with Crippen molar-refractivity contribution in [3.05, 3.63) is 60.1 Å². The third-order valence-corrected chi connectivity index (χ3v) is 7.25. The van der Waals surface area contributed by atoms with E-state index in [1.165, 1.54) is 12.1 Å². The lowest BCUT2D eigenvalue weighted by Gasteiger charge is -2.38. The lowest BCUT2D eigenvalue weighted by Crippen LogP contribution is -2.49. The summed E-state index contributed by atoms with van der Waals surface area (Å²) >= 11 is 0. The molecular weight excluding hydrogens is 473 g/mol. The van der Waals surface area contributed by atoms with E-state index in [-0.39, 0.29) is 17.8 Å². The zero-order valence-corrected chi connectivity index (χ0v) is 21.3. The number of halogens is 1. The predicted octanol–water partition coefficient (Wildman–Crippen LogP) is 4.05. The Kier molecular flexibility index (Phi) is 6.86. The molecule has 0 spiro atoms. The number of carbonyl (C=O) groups is 1. The summed E-state index contributed by atoms with van der Waals surface area (Å²) < 4.78 is 20.7. The van der Waals surface area contributed by atoms with Gasteiger partial charge in [0.05, 0.1) is 18.3 Å². The van der Waals surface area contributed by atoms with E-state index in [2.05, 4.69) is 16.4 Å². The molecule has 3 aromatic rings. The van der Waals surface area contributed by atoms with E-state index in [4.69, 9.17) is 14.7 Å². The first-order valence-corrected chi connectivity index (χ1v) is 12.8. The minimum Gasteiger partial charge on any atom is -0.505 e. The predicted molar refractivity (Wildman–Crippen MR) is 142 cm³/mol. The number of anilines is 2. The molecule has 1 N–H and O–H groups in total. The Balaban J connectivity index is 1.50. The van der Waals surface area contributed by atoms with Crippen LogP contribution in [0, 0.1) is 5.82 Å². The van der Waals surface area contributed by atoms with Crippen molar-refractivity contribution in [2.45, 2.75) is 39.3 Å². The molecular formula is C28H32FN5O3. The fraction of sp³-hybridized carbons (Fsp3) is 0.393. The topological polar surface area (TPSA) is 82.0 Å². The van der Waals surface area contributed by atoms with Crippen LogP contribution in [0.1, 0.15) is 31.5 Å². The molecule has 0 radical (unpaired) electrons. The summed E-state index contributed by atoms with van der Waals surface area (Å²) in [6.45, 7) is 11.3. The van der Waals surface area contributed by atoms with Crippen molar-refractivity contribution < 1.29 is 19.0 Å². The second kappa shape index (κ2) is 10.2. The van der Waals surface area contributed by atoms with Gasteiger partial charge in [-0.2, -0.15) is 9.97 Å². The van der Waals surface area contributed by atoms with Crippen LogP contribution in [0.3, 0.4) is 0 Å². The number of phenols is 1. The summed E-state index contributed by atoms with van der Waals surface area (Å²) in [5.74, 6) is -0.189. The molecule has 3 heterocycles. The van der Waals surface area contributed by atoms with Crippen LogP contribution in [0.2, 0.25) is 0 Å². The van der Waals surface area contributed by atoms with Crippen LogP contribution in [0.25, 0.3) is 10.8 Å². The van der Waals surface area contributed by atoms with Crippen LogP contribution in [0.15, 0.2) is 43.0 Å². The summed E-state index contributed by atoms with van der Waals surface area (Å²) in [6.07, 6.45) is 2.83. The summed E-state index contributed by atoms with van der Waals surface area (Å²) in [7, 11) is 0. The van der Waals surface area contributed by atoms with E-state index in [0.717, 1.165) is 34.6 Å². The molecule has 1 amide bonds. The largest absolute Gasteiger partial charge is 0.505 e. The molecule has 1 atom stereocenters. The lowest BCUT2D eigenvalue weighted by molar-refractivity contribution is -0.126. The molecule has 8 nitrogen and oxygen atoms in total. The number of amides is 1. The maximum Gasteiger partial charge on any atom is 0.318 e. The molecule has 0 unspecified atom stereocenters. The van der Waals surface area contributed by atoms with Crippen molar-refractivity contribution in [3.63, 3.8) is 0 Å². The van der Waals surface area contributed by atoms with Gasteiger partial charge in [0.1, 0.15) is 5.82 Å². The maximum atomic E-state index is 14.6. The smallest absolute Gasteiger partial charge is 0.318 e. The second-order valence-electron chi connectivity index (χ2n) is 9.55. The number of carbonyl (C=O) groups excluding carboxylic acids is 1. The molecule has 0 saturated carbocycles. The van der Waals surface area contributed by atoms with Gasteiger partial charge in [-0.1, -0.05) is 37.8 Å². The van der Waals surface area contributed by atoms with Crippen LogP contribution in [-0.2, 0) is 17.8 Å². The normalized spacial score (nSPS) is 16.5. The molecule has 9 heteroatoms. The fourth-order valence-electron chi connectivity index (χ4n) is 5.01. The van der Waals surface area contributed by atoms with Crippen LogP contribution >= 0.6 is 0 Å². The fourth-order valence-corrected chi connectivity index (χ4v) is 5.01. The van der Waals surface area contributed by atoms with Crippen LogP contribution in [-0.4, -0.2) is 64.7 Å². The molecule has 0 bridgehead atoms. The van der Waals surface area contributed by atoms with Gasteiger partial charge in [-0.15, -0.1) is 0 Å². The van der Waals surface area contributed by atoms with Crippen LogP contribution in [0.4, 0.5) is 15.9 Å². The summed E-state index contributed by atoms with van der Waals surface area (Å²) in [5, 5.41) is 11.4. The highest BCUT2D eigenvalue weighted by Crippen LogP contribution is 2.38. The van der Waals surface area contributed by atoms with Crippen LogP contribution in [0.5, 0.6) is 11.8 Å². The SMILES string of the molecule is C=CC(=O)N1CCN(c2nc(O[C@H](C)CC)nc3c2CCN(c2cc(O)c(F)c4ccccc24)C3)CC1. The Morgan fingerprint density at radius 1 is 1.16 bits per heavy atom. The monoisotopic (exact) mass is 505 g/mol. The molecule has 1 saturated heterocycles. The Labute approximate surface area is 216 Å². The van der Waals surface area contributed by atoms with Crippen molar-refractivity contribution in [1.29, 1.82) is 0 Å². The number of phenolic OH excluding ortho intramolecular Hbond substituents is 1. The molecule has 37 heavy (non-hydrogen) atoms. The molecule has 2 aromatic carbocycles. The van der Waals surface area contributed by atoms with E-state index in [9.17, 15) is 14.3 Å². The summed E-state index contributed by atoms with van der Waals surface area (Å²) in [6, 6.07) is 9.02. The van der Waals surface area contributed by atoms with Crippen molar-refractivity contribution in [1.82, 2.24) is 14.9 Å². The van der Waals surface area contributed by atoms with Crippen molar-refractivity contribution in [2.75, 3.05) is 42.5 Å². The Morgan fingerprint density at radius 2 is 1.89 bits per heavy atom. The molecule has 1 aromatic heterocycles. The molecule has 194 valence electrons. The second-order valence-corrected chi connectivity index (χ2v) is 9.55. The maximum absolute atomic E-state index is 14.6. The Hall–Kier alpha value is -3.88. The van der Waals surface area contributed by atoms with E-state index >= 15 is 0 Å². The molecule has 2 aliphatic rings. The van der Waals surface area contributed by atoms with Crippen molar-refractivity contribution in [2.24, 2.45) is 0 Å². The first-order valence-electron chi connectivity index (χ1n) is 12.8. The quantitative estimate of drug-likeness (QED) is 0.506. The van der Waals surface area contributed by atoms with Gasteiger partial charge in [0.2, 0.25) is 5.91 Å². The van der Waals surface area contributed by atoms with E-state index < -0.39 is 5.82 Å². The average molecular weight is 506 g/mol. The number of hydrogen-bond acceptors (Lipinski definition) is 7. The number of nitrogens with zero attached hydrogens (tertiary/aromatic N) is 5. The van der Waals surface area contributed by atoms with Crippen molar-refractivity contribution >= 4 is 28.2 Å². The summed E-state index contributed by atoms with van der Waals surface area (Å²) in [4.78, 5) is 27.8. The summed E-state index contributed by atoms with van der Waals surface area (Å²) in [5.41, 5.74) is 2.68. The van der Waals surface area contributed by atoms with Gasteiger partial charge in [-0.3, -0.25) is 4.79 Å². The Bertz CT molecular complexity index is 1340. The zero-order valence-electron chi connectivity index (χ0n) is 21.3. The molecule has 0 aliphatic carbocycles. The number of rotatable bonds is 6. The third kappa shape index (κ3) is 4.77. The highest BCUT2D eigenvalue weighted by Gasteiger charge is 2.29. The van der Waals surface area contributed by atoms with Gasteiger partial charge in [0.15, 0.2) is 11.6 Å². The standard InChI is InChI=1S/C28H32FN5O3/c1-4-18(3)37-28-30-22-17-34(23-16-24(35)26(29)20-9-7-6-8-19(20)23)11-10-21(22)27(31-28)33-14-12-32(13-15-33)25(36)5-2/h5-9,16,18,35H,2,4,10-15,17H2,1,3H3/t18-/m1/s1. The van der Waals surface area contributed by atoms with Gasteiger partial charge in [0, 0.05) is 60.8 Å². The zero-order chi connectivity index (χ0) is 26.1. The van der Waals surface area contributed by atoms with Gasteiger partial charge >= 0.3 is 6.01 Å². The average Bonchev–Trinajstić information content (AvgIpc) is 2.93. The number of aromatic hydroxyl groups is 1. The first-order chi connectivity index (χ1) is 17.9. The number of aromatic nitrogens is 2. The van der Waals surface area contributed by atoms with Gasteiger partial charge < -0.3 is 24.5 Å². The van der Waals surface area contributed by atoms with E-state index in [0.29, 0.717) is 57.1 Å². The van der Waals surface area contributed by atoms with E-state index in [1.807, 2.05) is 26.0 Å². The number of ether oxygens (including phenoxy) is 1. The number of hydrogen-bond donors (Lipinski definition) is 1. The minimum absolute atomic E-state index is 0.0364. The third-order valence-electron chi connectivity index (χ3n) is 7.25. The molecule has 5 rings (SSSR count). The van der Waals surface area contributed by atoms with Gasteiger partial charge in [-0.25, -0.2) is 4.39 Å².